The van der Waals surface area contributed by atoms with Gasteiger partial charge in [-0.15, -0.1) is 0 Å². The van der Waals surface area contributed by atoms with Gasteiger partial charge in [0.2, 0.25) is 0 Å². The average Bonchev–Trinajstić information content (AvgIpc) is 1.73. The summed E-state index contributed by atoms with van der Waals surface area (Å²) in [6, 6.07) is 42.3. The van der Waals surface area contributed by atoms with Crippen LogP contribution in [0.2, 0.25) is 0 Å². The van der Waals surface area contributed by atoms with E-state index in [2.05, 4.69) is 187 Å². The molecule has 5 fully saturated rings. The van der Waals surface area contributed by atoms with Crippen LogP contribution in [0.3, 0.4) is 0 Å². The van der Waals surface area contributed by atoms with Crippen molar-refractivity contribution in [1.29, 1.82) is 0 Å². The third kappa shape index (κ3) is 73.6. The first-order chi connectivity index (χ1) is 56.2. The third-order valence-electron chi connectivity index (χ3n) is 15.7. The molecular formula is C88H161Br2N11O18. The number of hydrogen-bond donors (Lipinski definition) is 14. The molecule has 5 saturated heterocycles. The van der Waals surface area contributed by atoms with Crippen molar-refractivity contribution >= 4 is 56.4 Å². The molecule has 4 aromatic rings. The van der Waals surface area contributed by atoms with E-state index in [0.717, 1.165) is 125 Å². The van der Waals surface area contributed by atoms with Crippen LogP contribution in [-0.4, -0.2) is 342 Å². The molecule has 0 aliphatic carbocycles. The molecular weight excluding hydrogens is 1660 g/mol. The molecule has 0 spiro atoms. The minimum Gasteiger partial charge on any atom is -0.444 e. The van der Waals surface area contributed by atoms with Gasteiger partial charge in [0.05, 0.1) is 49.7 Å². The molecule has 2 amide bonds. The largest absolute Gasteiger partial charge is 0.519 e. The molecule has 0 radical (unpaired) electrons. The zero-order chi connectivity index (χ0) is 90.7. The SMILES string of the molecule is C.CC(C)(C)OC(=O)N1CCNCC(O)C1.CC(C)(C)OC(=O)OC(=O)OC(C)(C)C.CCO.CN1CCN(C(=O)OC(C)(C)C)CC(O)C1.CN1CCNCC(O)C1.CO.CO.OC(CBr)CBr.OC1CN(Cc2ccccc2)CCN(Cc2ccccc2)C1.OC1CNCCNC1.[2H]CC.c1ccc(CCCCNCc2ccccc2)cc1. The second-order valence-electron chi connectivity index (χ2n) is 31.8. The van der Waals surface area contributed by atoms with Crippen LogP contribution in [0.1, 0.15) is 148 Å². The quantitative estimate of drug-likeness (QED) is 0.0195. The number of unbranched alkanes of at least 4 members (excludes halogenated alkanes) is 1. The van der Waals surface area contributed by atoms with E-state index in [1.165, 1.54) is 46.4 Å². The van der Waals surface area contributed by atoms with Crippen LogP contribution in [-0.2, 0) is 49.7 Å². The maximum Gasteiger partial charge on any atom is 0.519 e. The van der Waals surface area contributed by atoms with E-state index < -0.39 is 46.9 Å². The molecule has 5 heterocycles. The van der Waals surface area contributed by atoms with Gasteiger partial charge in [0.25, 0.3) is 0 Å². The first-order valence-corrected chi connectivity index (χ1v) is 43.1. The van der Waals surface area contributed by atoms with Crippen molar-refractivity contribution in [1.82, 2.24) is 56.0 Å². The number of carbonyl (C=O) groups is 4. The normalized spacial score (nSPS) is 17.7. The topological polar surface area (TPSA) is 376 Å². The zero-order valence-electron chi connectivity index (χ0n) is 75.6. The lowest BCUT2D eigenvalue weighted by Gasteiger charge is -2.26. The molecule has 0 bridgehead atoms. The Morgan fingerprint density at radius 1 is 0.471 bits per heavy atom. The standard InChI is InChI=1S/C19H24N2O.C17H21N.C11H22N2O3.C10H20N2O3.C10H18O5.C6H14N2O.C5H12N2O.C3H6Br2O.C2H6O.C2H6.2CH4O.CH4/c22-19-15-20(13-17-7-3-1-4-8-17)11-12-21(16-19)14-18-9-5-2-6-10-18;1-3-9-16(10-4-1)11-7-8-14-18-15-17-12-5-2-6-13-17;1-11(2,3)16-10(15)13-6-5-12(4)7-9(14)8-13;1-10(2,3)15-9(14)12-5-4-11-6-8(13)7-12;1-9(2,3)14-7(11)13-8(12)15-10(4,5)6;1-8-3-2-7-4-6(9)5-8;8-5-3-6-1-2-7-4-5;4-1-3(6)2-5;1-2-3;3*1-2;/h1-10,19,22H,11-16H2;1-6,9-10,12-13,18H,7-8,11,14-15H2;9,14H,5-8H2,1-4H3;8,11,13H,4-7H2,1-3H3;1-6H3;6-7,9H,2-5H2,1H3;5-8H,1-4H2;3,6H,1-2H2;3H,2H2,1H3;1-2H3;2*2H,1H3;1H4/i;;;;;;;;;1D;;;. The van der Waals surface area contributed by atoms with Crippen LogP contribution < -0.4 is 26.6 Å². The van der Waals surface area contributed by atoms with E-state index in [1.54, 1.807) is 60.3 Å². The number of carbonyl (C=O) groups excluding carboxylic acids is 4. The predicted molar refractivity (Wildman–Crippen MR) is 487 cm³/mol. The monoisotopic (exact) mass is 1820 g/mol. The van der Waals surface area contributed by atoms with Gasteiger partial charge in [0.1, 0.15) is 22.4 Å². The summed E-state index contributed by atoms with van der Waals surface area (Å²) in [6.45, 7) is 44.1. The van der Waals surface area contributed by atoms with Crippen LogP contribution in [0.15, 0.2) is 121 Å². The second-order valence-corrected chi connectivity index (χ2v) is 33.1. The lowest BCUT2D eigenvalue weighted by molar-refractivity contribution is -0.0295. The van der Waals surface area contributed by atoms with Crippen molar-refractivity contribution in [3.05, 3.63) is 144 Å². The van der Waals surface area contributed by atoms with Gasteiger partial charge in [-0.3, -0.25) is 9.80 Å². The Morgan fingerprint density at radius 2 is 0.798 bits per heavy atom. The molecule has 4 aromatic carbocycles. The van der Waals surface area contributed by atoms with Crippen LogP contribution in [0, 0.1) is 0 Å². The van der Waals surface area contributed by atoms with Crippen molar-refractivity contribution < 1.29 is 90.2 Å². The van der Waals surface area contributed by atoms with Gasteiger partial charge in [-0.1, -0.05) is 174 Å². The Hall–Kier alpha value is -5.60. The summed E-state index contributed by atoms with van der Waals surface area (Å²) in [7, 11) is 5.96. The van der Waals surface area contributed by atoms with E-state index in [1.807, 2.05) is 72.7 Å². The number of alkyl halides is 2. The molecule has 0 aromatic heterocycles. The van der Waals surface area contributed by atoms with Crippen molar-refractivity contribution in [2.45, 2.75) is 209 Å². The van der Waals surface area contributed by atoms with Crippen LogP contribution in [0.4, 0.5) is 19.2 Å². The number of ether oxygens (including phenoxy) is 5. The Kier molecular flexibility index (Phi) is 71.9. The van der Waals surface area contributed by atoms with Gasteiger partial charge in [-0.2, -0.15) is 0 Å². The maximum atomic E-state index is 11.8. The third-order valence-corrected chi connectivity index (χ3v) is 17.2. The van der Waals surface area contributed by atoms with Gasteiger partial charge in [0.15, 0.2) is 0 Å². The number of amides is 2. The summed E-state index contributed by atoms with van der Waals surface area (Å²) in [5.41, 5.74) is 3.07. The van der Waals surface area contributed by atoms with E-state index in [4.69, 9.17) is 51.0 Å². The minimum atomic E-state index is -1.06. The molecule has 690 valence electrons. The molecule has 3 unspecified atom stereocenters. The fourth-order valence-electron chi connectivity index (χ4n) is 10.7. The summed E-state index contributed by atoms with van der Waals surface area (Å²) < 4.78 is 30.5. The number of nitrogens with zero attached hydrogens (tertiary/aromatic N) is 6. The zero-order valence-corrected chi connectivity index (χ0v) is 77.7. The van der Waals surface area contributed by atoms with Crippen molar-refractivity contribution in [3.8, 4) is 0 Å². The Bertz CT molecular complexity index is 2890. The predicted octanol–water partition coefficient (Wildman–Crippen LogP) is 9.19. The average molecular weight is 1820 g/mol. The van der Waals surface area contributed by atoms with Gasteiger partial charge in [-0.05, 0) is 152 Å². The molecule has 29 nitrogen and oxygen atoms in total. The molecule has 5 aliphatic heterocycles. The molecule has 9 rings (SSSR count). The number of aliphatic hydroxyl groups excluding tert-OH is 9. The van der Waals surface area contributed by atoms with Gasteiger partial charge in [0, 0.05) is 170 Å². The summed E-state index contributed by atoms with van der Waals surface area (Å²) in [5, 5.41) is 94.9. The molecule has 0 saturated carbocycles. The number of aryl methyl sites for hydroxylation is 1. The van der Waals surface area contributed by atoms with Crippen LogP contribution in [0.5, 0.6) is 0 Å². The van der Waals surface area contributed by atoms with E-state index in [0.29, 0.717) is 63.4 Å². The number of likely N-dealkylation sites (N-methyl/N-ethyl adjacent to an activating group) is 2. The lowest BCUT2D eigenvalue weighted by atomic mass is 10.1. The fraction of sp³-hybridized carbons (Fsp3) is 0.682. The lowest BCUT2D eigenvalue weighted by Crippen LogP contribution is -2.41. The number of aliphatic hydroxyl groups is 9. The van der Waals surface area contributed by atoms with Crippen molar-refractivity contribution in [2.24, 2.45) is 0 Å². The molecule has 14 N–H and O–H groups in total. The van der Waals surface area contributed by atoms with Gasteiger partial charge >= 0.3 is 24.5 Å². The van der Waals surface area contributed by atoms with Crippen molar-refractivity contribution in [3.63, 3.8) is 0 Å². The Labute approximate surface area is 734 Å². The molecule has 3 atom stereocenters. The number of benzene rings is 4. The number of nitrogens with one attached hydrogen (secondary N) is 5. The second kappa shape index (κ2) is 72.8. The number of β-amino-alcohol motifs (C(OH)–C–C–N with tert-alkyl or cyclic N) is 5. The van der Waals surface area contributed by atoms with Crippen LogP contribution >= 0.6 is 31.9 Å². The highest BCUT2D eigenvalue weighted by Gasteiger charge is 2.29. The highest BCUT2D eigenvalue weighted by Crippen LogP contribution is 2.17. The van der Waals surface area contributed by atoms with E-state index >= 15 is 0 Å². The van der Waals surface area contributed by atoms with E-state index in [-0.39, 0.29) is 50.6 Å². The highest BCUT2D eigenvalue weighted by atomic mass is 79.9. The molecule has 5 aliphatic rings. The van der Waals surface area contributed by atoms with Crippen LogP contribution in [0.25, 0.3) is 0 Å². The number of hydrogen-bond acceptors (Lipinski definition) is 27. The summed E-state index contributed by atoms with van der Waals surface area (Å²) in [6.07, 6.45) is -1.04. The maximum absolute atomic E-state index is 11.8. The minimum absolute atomic E-state index is 0. The first-order valence-electron chi connectivity index (χ1n) is 41.5. The first kappa shape index (κ1) is 118. The summed E-state index contributed by atoms with van der Waals surface area (Å²) in [4.78, 5) is 57.4. The highest BCUT2D eigenvalue weighted by molar-refractivity contribution is 9.09. The number of halogens is 2. The smallest absolute Gasteiger partial charge is 0.444 e. The van der Waals surface area contributed by atoms with Crippen molar-refractivity contribution in [2.75, 3.05) is 183 Å². The molecule has 31 heteroatoms. The summed E-state index contributed by atoms with van der Waals surface area (Å²) in [5.74, 6) is 0. The van der Waals surface area contributed by atoms with Gasteiger partial charge in [-0.25, -0.2) is 19.2 Å². The summed E-state index contributed by atoms with van der Waals surface area (Å²) >= 11 is 6.19. The van der Waals surface area contributed by atoms with Gasteiger partial charge < -0.3 is 116 Å². The Morgan fingerprint density at radius 3 is 1.19 bits per heavy atom. The fourth-order valence-corrected chi connectivity index (χ4v) is 11.7. The molecule has 119 heavy (non-hydrogen) atoms. The number of rotatable bonds is 13. The van der Waals surface area contributed by atoms with E-state index in [9.17, 15) is 34.5 Å². The Balaban J connectivity index is -0.000000643.